The van der Waals surface area contributed by atoms with Crippen molar-refractivity contribution in [2.45, 2.75) is 6.92 Å². The van der Waals surface area contributed by atoms with Gasteiger partial charge in [-0.2, -0.15) is 0 Å². The first-order valence-electron chi connectivity index (χ1n) is 3.26. The van der Waals surface area contributed by atoms with Crippen LogP contribution in [0.25, 0.3) is 11.4 Å². The van der Waals surface area contributed by atoms with Gasteiger partial charge in [-0.25, -0.2) is 0 Å². The third kappa shape index (κ3) is 0.692. The van der Waals surface area contributed by atoms with E-state index >= 15 is 0 Å². The normalized spacial score (nSPS) is 10.5. The molecule has 2 rings (SSSR count). The van der Waals surface area contributed by atoms with Crippen LogP contribution in [0.2, 0.25) is 0 Å². The second kappa shape index (κ2) is 1.84. The minimum absolute atomic E-state index is 1.03. The average molecular weight is 132 g/mol. The number of nitrogens with one attached hydrogen (secondary N) is 1. The number of H-pyrrole nitrogens is 1. The number of rotatable bonds is 0. The monoisotopic (exact) mass is 132 g/mol. The van der Waals surface area contributed by atoms with Crippen LogP contribution in [0.4, 0.5) is 0 Å². The van der Waals surface area contributed by atoms with Crippen LogP contribution >= 0.6 is 0 Å². The van der Waals surface area contributed by atoms with Gasteiger partial charge in [-0.05, 0) is 19.1 Å². The van der Waals surface area contributed by atoms with Gasteiger partial charge in [0.2, 0.25) is 0 Å². The number of nitrogens with zero attached hydrogens (tertiary/aromatic N) is 1. The van der Waals surface area contributed by atoms with Gasteiger partial charge in [-0.1, -0.05) is 6.07 Å². The van der Waals surface area contributed by atoms with Gasteiger partial charge in [0, 0.05) is 11.9 Å². The minimum atomic E-state index is 1.03. The zero-order chi connectivity index (χ0) is 6.97. The number of hydrogen-bond acceptors (Lipinski definition) is 1. The maximum Gasteiger partial charge on any atom is 0.0865 e. The molecule has 2 nitrogen and oxygen atoms in total. The second-order valence-electron chi connectivity index (χ2n) is 2.39. The molecule has 1 aliphatic heterocycles. The van der Waals surface area contributed by atoms with Crippen LogP contribution < -0.4 is 0 Å². The van der Waals surface area contributed by atoms with Crippen LogP contribution in [0.3, 0.4) is 0 Å². The van der Waals surface area contributed by atoms with Crippen LogP contribution in [0.5, 0.6) is 0 Å². The Kier molecular flexibility index (Phi) is 1.01. The topological polar surface area (TPSA) is 28.7 Å². The van der Waals surface area contributed by atoms with Gasteiger partial charge in [-0.3, -0.25) is 4.98 Å². The molecule has 2 heteroatoms. The summed E-state index contributed by atoms with van der Waals surface area (Å²) in [5.41, 5.74) is 3.24. The number of hydrogen-bond donors (Lipinski definition) is 1. The van der Waals surface area contributed by atoms with Gasteiger partial charge in [-0.15, -0.1) is 0 Å². The molecule has 0 amide bonds. The highest BCUT2D eigenvalue weighted by molar-refractivity contribution is 5.56. The van der Waals surface area contributed by atoms with E-state index in [9.17, 15) is 0 Å². The van der Waals surface area contributed by atoms with E-state index in [1.807, 2.05) is 31.3 Å². The van der Waals surface area contributed by atoms with Crippen molar-refractivity contribution in [3.8, 4) is 11.4 Å². The highest BCUT2D eigenvalue weighted by atomic mass is 14.8. The molecule has 0 saturated heterocycles. The first-order chi connectivity index (χ1) is 4.86. The Morgan fingerprint density at radius 1 is 1.40 bits per heavy atom. The summed E-state index contributed by atoms with van der Waals surface area (Å²) in [5.74, 6) is 0. The lowest BCUT2D eigenvalue weighted by atomic mass is 10.3. The number of aromatic nitrogens is 2. The lowest BCUT2D eigenvalue weighted by molar-refractivity contribution is 1.13. The van der Waals surface area contributed by atoms with E-state index in [0.717, 1.165) is 17.1 Å². The smallest absolute Gasteiger partial charge is 0.0865 e. The molecule has 0 aromatic carbocycles. The Morgan fingerprint density at radius 3 is 3.20 bits per heavy atom. The zero-order valence-electron chi connectivity index (χ0n) is 5.76. The molecule has 1 aliphatic carbocycles. The summed E-state index contributed by atoms with van der Waals surface area (Å²) in [6, 6.07) is 6.01. The average Bonchev–Trinajstić information content (AvgIpc) is 2.33. The lowest BCUT2D eigenvalue weighted by Crippen LogP contribution is -1.87. The lowest BCUT2D eigenvalue weighted by Gasteiger charge is -1.98. The summed E-state index contributed by atoms with van der Waals surface area (Å²) in [6.45, 7) is 2.00. The van der Waals surface area contributed by atoms with Crippen molar-refractivity contribution < 1.29 is 0 Å². The molecule has 10 heavy (non-hydrogen) atoms. The molecule has 1 N–H and O–H groups in total. The maximum absolute atomic E-state index is 4.21. The predicted octanol–water partition coefficient (Wildman–Crippen LogP) is 1.82. The van der Waals surface area contributed by atoms with E-state index in [0.29, 0.717) is 0 Å². The van der Waals surface area contributed by atoms with Gasteiger partial charge in [0.15, 0.2) is 0 Å². The molecule has 2 aliphatic rings. The Morgan fingerprint density at radius 2 is 2.30 bits per heavy atom. The summed E-state index contributed by atoms with van der Waals surface area (Å²) in [6.07, 6.45) is 1.84. The molecule has 0 fully saturated rings. The van der Waals surface area contributed by atoms with Gasteiger partial charge in [0.05, 0.1) is 11.4 Å². The van der Waals surface area contributed by atoms with Crippen LogP contribution in [0.15, 0.2) is 24.4 Å². The zero-order valence-corrected chi connectivity index (χ0v) is 5.76. The summed E-state index contributed by atoms with van der Waals surface area (Å²) >= 11 is 0. The fourth-order valence-electron chi connectivity index (χ4n) is 1.04. The van der Waals surface area contributed by atoms with Crippen LogP contribution in [-0.2, 0) is 0 Å². The van der Waals surface area contributed by atoms with Crippen molar-refractivity contribution in [2.24, 2.45) is 0 Å². The van der Waals surface area contributed by atoms with Crippen molar-refractivity contribution in [1.29, 1.82) is 0 Å². The molecule has 0 unspecified atom stereocenters. The van der Waals surface area contributed by atoms with Crippen molar-refractivity contribution in [3.05, 3.63) is 30.1 Å². The Hall–Kier alpha value is -1.31. The maximum atomic E-state index is 4.21. The third-order valence-corrected chi connectivity index (χ3v) is 1.52. The van der Waals surface area contributed by atoms with Gasteiger partial charge in [0.1, 0.15) is 0 Å². The summed E-state index contributed by atoms with van der Waals surface area (Å²) < 4.78 is 0. The van der Waals surface area contributed by atoms with Crippen LogP contribution in [-0.4, -0.2) is 9.97 Å². The second-order valence-corrected chi connectivity index (χ2v) is 2.39. The molecule has 0 spiro atoms. The Bertz CT molecular complexity index is 311. The summed E-state index contributed by atoms with van der Waals surface area (Å²) in [4.78, 5) is 7.42. The molecular formula is C8H8N2. The molecule has 0 saturated carbocycles. The van der Waals surface area contributed by atoms with Crippen molar-refractivity contribution in [3.63, 3.8) is 0 Å². The molecular weight excluding hydrogens is 124 g/mol. The molecule has 0 radical (unpaired) electrons. The fraction of sp³-hybridized carbons (Fsp3) is 0.125. The Balaban J connectivity index is 2.75. The third-order valence-electron chi connectivity index (χ3n) is 1.52. The number of fused-ring (bicyclic) bond motifs is 1. The van der Waals surface area contributed by atoms with E-state index in [1.54, 1.807) is 0 Å². The van der Waals surface area contributed by atoms with E-state index in [-0.39, 0.29) is 0 Å². The molecule has 0 bridgehead atoms. The van der Waals surface area contributed by atoms with Gasteiger partial charge >= 0.3 is 0 Å². The SMILES string of the molecule is Cc1cnc2cccc-2[nH]1. The Labute approximate surface area is 59.3 Å². The molecule has 0 aromatic rings. The summed E-state index contributed by atoms with van der Waals surface area (Å²) in [7, 11) is 0. The van der Waals surface area contributed by atoms with Gasteiger partial charge < -0.3 is 4.98 Å². The molecule has 0 atom stereocenters. The number of aryl methyl sites for hydroxylation is 1. The largest absolute Gasteiger partial charge is 0.356 e. The highest BCUT2D eigenvalue weighted by Gasteiger charge is 2.00. The van der Waals surface area contributed by atoms with Gasteiger partial charge in [0.25, 0.3) is 0 Å². The standard InChI is InChI=1S/C8H8N2/c1-6-5-9-7-3-2-4-8(7)10-6/h2-5,10H,1H3. The summed E-state index contributed by atoms with van der Waals surface area (Å²) in [5, 5.41) is 0. The van der Waals surface area contributed by atoms with Crippen molar-refractivity contribution >= 4 is 0 Å². The quantitative estimate of drug-likeness (QED) is 0.582. The van der Waals surface area contributed by atoms with Crippen LogP contribution in [0, 0.1) is 6.92 Å². The highest BCUT2D eigenvalue weighted by Crippen LogP contribution is 2.16. The molecule has 50 valence electrons. The van der Waals surface area contributed by atoms with E-state index in [2.05, 4.69) is 9.97 Å². The van der Waals surface area contributed by atoms with E-state index < -0.39 is 0 Å². The first-order valence-corrected chi connectivity index (χ1v) is 3.26. The van der Waals surface area contributed by atoms with E-state index in [4.69, 9.17) is 0 Å². The fourth-order valence-corrected chi connectivity index (χ4v) is 1.04. The first kappa shape index (κ1) is 5.47. The molecule has 1 heterocycles. The molecule has 0 aromatic heterocycles. The number of aromatic amines is 1. The van der Waals surface area contributed by atoms with E-state index in [1.165, 1.54) is 0 Å². The van der Waals surface area contributed by atoms with Crippen molar-refractivity contribution in [2.75, 3.05) is 0 Å². The minimum Gasteiger partial charge on any atom is -0.356 e. The van der Waals surface area contributed by atoms with Crippen molar-refractivity contribution in [1.82, 2.24) is 9.97 Å². The predicted molar refractivity (Wildman–Crippen MR) is 39.9 cm³/mol. The van der Waals surface area contributed by atoms with Crippen LogP contribution in [0.1, 0.15) is 5.69 Å².